The van der Waals surface area contributed by atoms with E-state index in [-0.39, 0.29) is 37.8 Å². The fourth-order valence-corrected chi connectivity index (χ4v) is 7.09. The summed E-state index contributed by atoms with van der Waals surface area (Å²) in [5.41, 5.74) is 0. The zero-order valence-electron chi connectivity index (χ0n) is 41.4. The molecule has 0 aliphatic rings. The summed E-state index contributed by atoms with van der Waals surface area (Å²) in [6, 6.07) is -9.57. The molecule has 0 aliphatic carbocycles. The number of unbranched alkanes of at least 4 members (excludes halogenated alkanes) is 10. The highest BCUT2D eigenvalue weighted by molar-refractivity contribution is 5.98. The molecule has 0 aromatic rings. The number of rotatable bonds is 40. The molecule has 0 aromatic heterocycles. The van der Waals surface area contributed by atoms with Gasteiger partial charge in [-0.25, -0.2) is 4.79 Å². The summed E-state index contributed by atoms with van der Waals surface area (Å²) in [5.74, 6) is -11.7. The minimum Gasteiger partial charge on any atom is -0.481 e. The summed E-state index contributed by atoms with van der Waals surface area (Å²) in [6.07, 6.45) is 8.92. The Hall–Kier alpha value is -5.42. The second-order valence-electron chi connectivity index (χ2n) is 18.1. The maximum Gasteiger partial charge on any atom is 0.326 e. The molecule has 12 N–H and O–H groups in total. The van der Waals surface area contributed by atoms with Gasteiger partial charge in [0.25, 0.3) is 0 Å². The Kier molecular flexibility index (Phi) is 33.7. The van der Waals surface area contributed by atoms with E-state index < -0.39 is 128 Å². The van der Waals surface area contributed by atoms with Crippen LogP contribution < -0.4 is 37.2 Å². The van der Waals surface area contributed by atoms with Crippen molar-refractivity contribution in [3.63, 3.8) is 0 Å². The molecule has 396 valence electrons. The van der Waals surface area contributed by atoms with Gasteiger partial charge in [0.2, 0.25) is 41.4 Å². The van der Waals surface area contributed by atoms with Gasteiger partial charge in [-0.3, -0.25) is 43.2 Å². The smallest absolute Gasteiger partial charge is 0.326 e. The summed E-state index contributed by atoms with van der Waals surface area (Å²) in [6.45, 7) is 8.81. The molecule has 0 aromatic carbocycles. The molecule has 0 heterocycles. The summed E-state index contributed by atoms with van der Waals surface area (Å²) < 4.78 is 0. The van der Waals surface area contributed by atoms with Crippen LogP contribution in [0.15, 0.2) is 0 Å². The van der Waals surface area contributed by atoms with E-state index in [1.54, 1.807) is 27.7 Å². The lowest BCUT2D eigenvalue weighted by Crippen LogP contribution is -2.61. The summed E-state index contributed by atoms with van der Waals surface area (Å²) >= 11 is 0. The summed E-state index contributed by atoms with van der Waals surface area (Å²) in [4.78, 5) is 130. The predicted octanol–water partition coefficient (Wildman–Crippen LogP) is 0.145. The number of carbonyl (C=O) groups is 10. The van der Waals surface area contributed by atoms with Crippen molar-refractivity contribution in [3.05, 3.63) is 0 Å². The number of hydrogen-bond donors (Lipinski definition) is 12. The average molecular weight is 987 g/mol. The summed E-state index contributed by atoms with van der Waals surface area (Å²) in [5, 5.41) is 65.6. The van der Waals surface area contributed by atoms with E-state index in [4.69, 9.17) is 5.11 Å². The maximum atomic E-state index is 14.0. The molecule has 0 unspecified atom stereocenters. The first kappa shape index (κ1) is 63.6. The topological polar surface area (TPSA) is 359 Å². The van der Waals surface area contributed by atoms with E-state index in [1.807, 2.05) is 6.92 Å². The SMILES string of the molecule is CCCCCCCCNCC(=O)N[C@@H](CO)C(=O)N[C@@H](CC(C)C)C(=O)N[C@@H](CO)C(=O)N[C@@H](CC(C)C)C(=O)N[C@@H](CC(=O)O)C(=O)N(CCCCCCCC)CC(=O)N[C@@H](CC(=O)O)C(=O)O. The van der Waals surface area contributed by atoms with Crippen molar-refractivity contribution in [2.45, 2.75) is 181 Å². The van der Waals surface area contributed by atoms with Gasteiger partial charge in [-0.05, 0) is 44.1 Å². The highest BCUT2D eigenvalue weighted by Crippen LogP contribution is 2.12. The third-order valence-corrected chi connectivity index (χ3v) is 10.8. The number of hydrogen-bond acceptors (Lipinski definition) is 13. The molecular formula is C46H82N8O15. The first-order valence-corrected chi connectivity index (χ1v) is 24.3. The van der Waals surface area contributed by atoms with Crippen LogP contribution in [0.3, 0.4) is 0 Å². The van der Waals surface area contributed by atoms with E-state index in [0.717, 1.165) is 69.1 Å². The molecule has 0 spiro atoms. The minimum absolute atomic E-state index is 0.0284. The Balaban J connectivity index is 6.18. The van der Waals surface area contributed by atoms with Crippen molar-refractivity contribution in [2.75, 3.05) is 39.4 Å². The fraction of sp³-hybridized carbons (Fsp3) is 0.783. The Morgan fingerprint density at radius 3 is 1.30 bits per heavy atom. The molecular weight excluding hydrogens is 905 g/mol. The number of aliphatic hydroxyl groups excluding tert-OH is 2. The van der Waals surface area contributed by atoms with E-state index in [1.165, 1.54) is 0 Å². The molecule has 0 radical (unpaired) electrons. The van der Waals surface area contributed by atoms with Crippen LogP contribution in [-0.2, 0) is 47.9 Å². The average Bonchev–Trinajstić information content (AvgIpc) is 3.26. The predicted molar refractivity (Wildman–Crippen MR) is 253 cm³/mol. The van der Waals surface area contributed by atoms with Crippen molar-refractivity contribution >= 4 is 59.3 Å². The van der Waals surface area contributed by atoms with Crippen molar-refractivity contribution in [1.29, 1.82) is 0 Å². The number of carboxylic acids is 3. The zero-order chi connectivity index (χ0) is 52.5. The fourth-order valence-electron chi connectivity index (χ4n) is 7.09. The molecule has 6 atom stereocenters. The molecule has 23 heteroatoms. The zero-order valence-corrected chi connectivity index (χ0v) is 41.4. The van der Waals surface area contributed by atoms with Gasteiger partial charge in [0.05, 0.1) is 39.1 Å². The molecule has 0 rings (SSSR count). The lowest BCUT2D eigenvalue weighted by Gasteiger charge is -2.29. The van der Waals surface area contributed by atoms with Gasteiger partial charge in [-0.15, -0.1) is 0 Å². The third-order valence-electron chi connectivity index (χ3n) is 10.8. The van der Waals surface area contributed by atoms with Crippen molar-refractivity contribution in [3.8, 4) is 0 Å². The third kappa shape index (κ3) is 29.3. The van der Waals surface area contributed by atoms with Gasteiger partial charge in [0.1, 0.15) is 36.3 Å². The van der Waals surface area contributed by atoms with Crippen molar-refractivity contribution < 1.29 is 73.5 Å². The van der Waals surface area contributed by atoms with E-state index in [2.05, 4.69) is 44.1 Å². The van der Waals surface area contributed by atoms with Crippen molar-refractivity contribution in [1.82, 2.24) is 42.1 Å². The molecule has 0 bridgehead atoms. The number of amides is 7. The standard InChI is InChI=1S/C46H82N8O15/c1-7-9-11-13-15-17-19-47-25-37(57)49-35(27-55)43(65)50-32(22-30(5)6)42(64)53-36(28-56)44(66)51-31(21-29(3)4)41(63)52-33(23-39(59)60)45(67)54(20-18-16-14-12-10-8-2)26-38(58)48-34(46(68)69)24-40(61)62/h29-36,47,55-56H,7-28H2,1-6H3,(H,48,58)(H,49,57)(H,50,65)(H,51,66)(H,52,63)(H,53,64)(H,59,60)(H,61,62)(H,68,69)/t31-,32-,33-,34-,35-,36-/m0/s1. The first-order chi connectivity index (χ1) is 32.6. The molecule has 0 fully saturated rings. The van der Waals surface area contributed by atoms with Crippen LogP contribution in [0.25, 0.3) is 0 Å². The second-order valence-corrected chi connectivity index (χ2v) is 18.1. The number of aliphatic hydroxyl groups is 2. The monoisotopic (exact) mass is 987 g/mol. The van der Waals surface area contributed by atoms with Gasteiger partial charge in [-0.2, -0.15) is 0 Å². The summed E-state index contributed by atoms with van der Waals surface area (Å²) in [7, 11) is 0. The Labute approximate surface area is 405 Å². The van der Waals surface area contributed by atoms with Crippen LogP contribution in [-0.4, -0.2) is 165 Å². The van der Waals surface area contributed by atoms with Gasteiger partial charge in [-0.1, -0.05) is 106 Å². The van der Waals surface area contributed by atoms with Crippen molar-refractivity contribution in [2.24, 2.45) is 11.8 Å². The van der Waals surface area contributed by atoms with Crippen LogP contribution in [0.1, 0.15) is 144 Å². The Morgan fingerprint density at radius 1 is 0.464 bits per heavy atom. The van der Waals surface area contributed by atoms with Crippen LogP contribution in [0.4, 0.5) is 0 Å². The molecule has 7 amide bonds. The van der Waals surface area contributed by atoms with Crippen LogP contribution in [0, 0.1) is 11.8 Å². The number of aliphatic carboxylic acids is 3. The number of carboxylic acid groups (broad SMARTS) is 3. The van der Waals surface area contributed by atoms with Gasteiger partial charge >= 0.3 is 17.9 Å². The van der Waals surface area contributed by atoms with Crippen LogP contribution in [0.5, 0.6) is 0 Å². The molecule has 0 saturated heterocycles. The van der Waals surface area contributed by atoms with Gasteiger partial charge in [0, 0.05) is 6.54 Å². The molecule has 69 heavy (non-hydrogen) atoms. The Morgan fingerprint density at radius 2 is 0.855 bits per heavy atom. The molecule has 23 nitrogen and oxygen atoms in total. The van der Waals surface area contributed by atoms with Crippen LogP contribution in [0.2, 0.25) is 0 Å². The quantitative estimate of drug-likeness (QED) is 0.0364. The van der Waals surface area contributed by atoms with E-state index in [9.17, 15) is 68.4 Å². The highest BCUT2D eigenvalue weighted by Gasteiger charge is 2.35. The van der Waals surface area contributed by atoms with Gasteiger partial charge < -0.3 is 67.7 Å². The Bertz CT molecular complexity index is 1630. The van der Waals surface area contributed by atoms with Gasteiger partial charge in [0.15, 0.2) is 0 Å². The first-order valence-electron chi connectivity index (χ1n) is 24.3. The molecule has 0 aliphatic heterocycles. The van der Waals surface area contributed by atoms with E-state index in [0.29, 0.717) is 19.4 Å². The number of carbonyl (C=O) groups excluding carboxylic acids is 7. The van der Waals surface area contributed by atoms with E-state index >= 15 is 0 Å². The number of nitrogens with zero attached hydrogens (tertiary/aromatic N) is 1. The molecule has 0 saturated carbocycles. The largest absolute Gasteiger partial charge is 0.481 e. The second kappa shape index (κ2) is 36.5. The normalized spacial score (nSPS) is 13.8. The lowest BCUT2D eigenvalue weighted by atomic mass is 10.0. The number of nitrogens with one attached hydrogen (secondary N) is 7. The lowest BCUT2D eigenvalue weighted by molar-refractivity contribution is -0.148. The van der Waals surface area contributed by atoms with Crippen LogP contribution >= 0.6 is 0 Å². The maximum absolute atomic E-state index is 14.0. The highest BCUT2D eigenvalue weighted by atomic mass is 16.4. The minimum atomic E-state index is -1.84.